The van der Waals surface area contributed by atoms with Crippen molar-refractivity contribution in [1.29, 1.82) is 0 Å². The van der Waals surface area contributed by atoms with Gasteiger partial charge in [0.2, 0.25) is 5.91 Å². The van der Waals surface area contributed by atoms with Gasteiger partial charge in [-0.15, -0.1) is 21.5 Å². The van der Waals surface area contributed by atoms with Crippen LogP contribution in [0.5, 0.6) is 0 Å². The first-order chi connectivity index (χ1) is 16.5. The normalized spacial score (nSPS) is 14.7. The van der Waals surface area contributed by atoms with Crippen LogP contribution in [0.4, 0.5) is 5.82 Å². The highest BCUT2D eigenvalue weighted by atomic mass is 127. The minimum absolute atomic E-state index is 0.0471. The number of amides is 1. The summed E-state index contributed by atoms with van der Waals surface area (Å²) in [5.41, 5.74) is 3.39. The molecule has 1 atom stereocenters. The topological polar surface area (TPSA) is 98.8 Å². The average Bonchev–Trinajstić information content (AvgIpc) is 3.44. The molecule has 1 aliphatic heterocycles. The van der Waals surface area contributed by atoms with E-state index < -0.39 is 0 Å². The Morgan fingerprint density at radius 2 is 2.03 bits per heavy atom. The number of hydrogen-bond acceptors (Lipinski definition) is 7. The summed E-state index contributed by atoms with van der Waals surface area (Å²) in [5.74, 6) is 1.14. The third-order valence-corrected chi connectivity index (χ3v) is 7.89. The quantitative estimate of drug-likeness (QED) is 0.282. The number of halogens is 1. The third-order valence-electron chi connectivity index (χ3n) is 5.96. The fourth-order valence-electron chi connectivity index (χ4n) is 4.14. The Morgan fingerprint density at radius 1 is 1.24 bits per heavy atom. The van der Waals surface area contributed by atoms with Gasteiger partial charge in [0.15, 0.2) is 5.82 Å². The van der Waals surface area contributed by atoms with E-state index in [1.807, 2.05) is 12.1 Å². The van der Waals surface area contributed by atoms with E-state index in [9.17, 15) is 4.79 Å². The summed E-state index contributed by atoms with van der Waals surface area (Å²) < 4.78 is 1.21. The van der Waals surface area contributed by atoms with Gasteiger partial charge in [-0.3, -0.25) is 9.69 Å². The Morgan fingerprint density at radius 3 is 2.68 bits per heavy atom. The number of likely N-dealkylation sites (N-methyl/N-ethyl adjacent to an activating group) is 1. The van der Waals surface area contributed by atoms with Crippen molar-refractivity contribution in [1.82, 2.24) is 30.4 Å². The summed E-state index contributed by atoms with van der Waals surface area (Å²) in [5, 5.41) is 14.6. The van der Waals surface area contributed by atoms with E-state index in [2.05, 4.69) is 95.7 Å². The summed E-state index contributed by atoms with van der Waals surface area (Å²) in [4.78, 5) is 23.6. The summed E-state index contributed by atoms with van der Waals surface area (Å²) in [6.07, 6.45) is 3.33. The summed E-state index contributed by atoms with van der Waals surface area (Å²) in [6.45, 7) is 3.42. The second-order valence-corrected chi connectivity index (χ2v) is 10.6. The highest BCUT2D eigenvalue weighted by molar-refractivity contribution is 14.1. The van der Waals surface area contributed by atoms with Crippen LogP contribution in [0.25, 0.3) is 21.1 Å². The molecule has 1 unspecified atom stereocenters. The maximum Gasteiger partial charge on any atom is 0.222 e. The first-order valence-electron chi connectivity index (χ1n) is 10.9. The molecule has 174 valence electrons. The van der Waals surface area contributed by atoms with E-state index in [0.717, 1.165) is 34.2 Å². The average molecular weight is 585 g/mol. The monoisotopic (exact) mass is 585 g/mol. The molecule has 1 fully saturated rings. The number of carbonyl (C=O) groups is 1. The molecule has 5 rings (SSSR count). The molecule has 1 amide bonds. The molecule has 0 bridgehead atoms. The number of carbonyl (C=O) groups excluding carboxylic acids is 1. The summed E-state index contributed by atoms with van der Waals surface area (Å²) in [6, 6.07) is 15.3. The van der Waals surface area contributed by atoms with Gasteiger partial charge in [-0.05, 0) is 76.7 Å². The number of thiophene rings is 1. The van der Waals surface area contributed by atoms with Crippen LogP contribution in [0.2, 0.25) is 0 Å². The summed E-state index contributed by atoms with van der Waals surface area (Å²) in [7, 11) is 2.19. The summed E-state index contributed by atoms with van der Waals surface area (Å²) >= 11 is 4.00. The molecular formula is C24H24IN7OS. The Kier molecular flexibility index (Phi) is 6.73. The largest absolute Gasteiger partial charge is 0.327 e. The second-order valence-electron chi connectivity index (χ2n) is 8.28. The molecule has 4 heterocycles. The van der Waals surface area contributed by atoms with Gasteiger partial charge in [-0.2, -0.15) is 0 Å². The zero-order valence-corrected chi connectivity index (χ0v) is 21.7. The Bertz CT molecular complexity index is 1290. The molecule has 8 nitrogen and oxygen atoms in total. The van der Waals surface area contributed by atoms with Crippen molar-refractivity contribution in [3.63, 3.8) is 0 Å². The lowest BCUT2D eigenvalue weighted by Crippen LogP contribution is -2.56. The smallest absolute Gasteiger partial charge is 0.222 e. The van der Waals surface area contributed by atoms with Crippen LogP contribution in [0, 0.1) is 3.57 Å². The number of aromatic amines is 1. The van der Waals surface area contributed by atoms with Gasteiger partial charge in [0.05, 0.1) is 10.9 Å². The molecule has 34 heavy (non-hydrogen) atoms. The molecule has 0 spiro atoms. The number of anilines is 1. The highest BCUT2D eigenvalue weighted by Gasteiger charge is 2.32. The van der Waals surface area contributed by atoms with Crippen LogP contribution in [0.3, 0.4) is 0 Å². The molecule has 1 aromatic carbocycles. The first-order valence-corrected chi connectivity index (χ1v) is 12.8. The van der Waals surface area contributed by atoms with Crippen molar-refractivity contribution in [3.8, 4) is 21.1 Å². The number of nitrogens with one attached hydrogen (secondary N) is 3. The van der Waals surface area contributed by atoms with Crippen LogP contribution < -0.4 is 10.6 Å². The fourth-order valence-corrected chi connectivity index (χ4v) is 5.63. The van der Waals surface area contributed by atoms with Crippen LogP contribution in [0.15, 0.2) is 55.0 Å². The van der Waals surface area contributed by atoms with Gasteiger partial charge < -0.3 is 15.6 Å². The lowest BCUT2D eigenvalue weighted by molar-refractivity contribution is -0.114. The van der Waals surface area contributed by atoms with Gasteiger partial charge in [0, 0.05) is 40.7 Å². The van der Waals surface area contributed by atoms with Crippen molar-refractivity contribution in [2.45, 2.75) is 19.0 Å². The lowest BCUT2D eigenvalue weighted by atomic mass is 9.94. The molecule has 0 aliphatic carbocycles. The number of rotatable bonds is 7. The number of benzene rings is 1. The molecule has 4 aromatic rings. The van der Waals surface area contributed by atoms with Crippen molar-refractivity contribution in [2.24, 2.45) is 0 Å². The zero-order valence-electron chi connectivity index (χ0n) is 18.7. The number of nitrogens with zero attached hydrogens (tertiary/aromatic N) is 4. The van der Waals surface area contributed by atoms with Crippen LogP contribution in [-0.4, -0.2) is 57.2 Å². The second kappa shape index (κ2) is 9.90. The van der Waals surface area contributed by atoms with Crippen molar-refractivity contribution < 1.29 is 4.79 Å². The third kappa shape index (κ3) is 4.76. The van der Waals surface area contributed by atoms with Gasteiger partial charge in [-0.25, -0.2) is 4.98 Å². The molecular weight excluding hydrogens is 561 g/mol. The molecule has 0 radical (unpaired) electrons. The van der Waals surface area contributed by atoms with E-state index >= 15 is 0 Å². The molecule has 1 aliphatic rings. The van der Waals surface area contributed by atoms with E-state index in [1.165, 1.54) is 21.6 Å². The van der Waals surface area contributed by atoms with E-state index in [-0.39, 0.29) is 11.9 Å². The Labute approximate surface area is 215 Å². The number of H-pyrrole nitrogens is 1. The van der Waals surface area contributed by atoms with Crippen LogP contribution in [-0.2, 0) is 4.79 Å². The van der Waals surface area contributed by atoms with Gasteiger partial charge >= 0.3 is 0 Å². The fraction of sp³-hybridized carbons (Fsp3) is 0.250. The van der Waals surface area contributed by atoms with E-state index in [1.54, 1.807) is 23.9 Å². The van der Waals surface area contributed by atoms with Crippen LogP contribution in [0.1, 0.15) is 24.1 Å². The SMILES string of the molecule is CC(=O)Nc1cc(-c2cc(C(c3ccc(I)cc3)N(C)C3CNC3)c(-c3nnc[nH]3)s2)ccn1. The molecule has 3 N–H and O–H groups in total. The van der Waals surface area contributed by atoms with E-state index in [4.69, 9.17) is 0 Å². The number of aromatic nitrogens is 4. The van der Waals surface area contributed by atoms with Crippen molar-refractivity contribution in [3.05, 3.63) is 69.7 Å². The predicted molar refractivity (Wildman–Crippen MR) is 143 cm³/mol. The zero-order chi connectivity index (χ0) is 23.7. The van der Waals surface area contributed by atoms with Crippen LogP contribution >= 0.6 is 33.9 Å². The highest BCUT2D eigenvalue weighted by Crippen LogP contribution is 2.44. The maximum atomic E-state index is 11.5. The van der Waals surface area contributed by atoms with Crippen molar-refractivity contribution in [2.75, 3.05) is 25.5 Å². The van der Waals surface area contributed by atoms with Gasteiger partial charge in [0.1, 0.15) is 12.1 Å². The number of pyridine rings is 1. The standard InChI is InChI=1S/C24H24IN7OS/c1-14(33)30-21-9-16(7-8-27-21)20-10-19(23(34-20)24-28-13-29-31-24)22(32(2)18-11-26-12-18)15-3-5-17(25)6-4-15/h3-10,13,18,22,26H,11-12H2,1-2H3,(H,27,30,33)(H,28,29,31). The first kappa shape index (κ1) is 23.1. The van der Waals surface area contributed by atoms with E-state index in [0.29, 0.717) is 11.9 Å². The van der Waals surface area contributed by atoms with Gasteiger partial charge in [-0.1, -0.05) is 12.1 Å². The molecule has 1 saturated heterocycles. The molecule has 0 saturated carbocycles. The van der Waals surface area contributed by atoms with Crippen molar-refractivity contribution >= 4 is 45.7 Å². The lowest BCUT2D eigenvalue weighted by Gasteiger charge is -2.41. The minimum Gasteiger partial charge on any atom is -0.327 e. The molecule has 10 heteroatoms. The predicted octanol–water partition coefficient (Wildman–Crippen LogP) is 4.15. The maximum absolute atomic E-state index is 11.5. The van der Waals surface area contributed by atoms with Gasteiger partial charge in [0.25, 0.3) is 0 Å². The minimum atomic E-state index is -0.145. The molecule has 3 aromatic heterocycles. The Hall–Kier alpha value is -2.67. The Balaban J connectivity index is 1.64. The number of hydrogen-bond donors (Lipinski definition) is 3.